The molecule has 1 aromatic carbocycles. The molecule has 0 radical (unpaired) electrons. The SMILES string of the molecule is Clc1cc(CC2CCCN2)ccc1C1CCSC1. The average Bonchev–Trinajstić information content (AvgIpc) is 3.01. The van der Waals surface area contributed by atoms with Gasteiger partial charge in [0, 0.05) is 16.8 Å². The number of hydrogen-bond acceptors (Lipinski definition) is 2. The minimum absolute atomic E-state index is 0.661. The van der Waals surface area contributed by atoms with Gasteiger partial charge >= 0.3 is 0 Å². The van der Waals surface area contributed by atoms with Gasteiger partial charge in [-0.25, -0.2) is 0 Å². The smallest absolute Gasteiger partial charge is 0.0443 e. The molecule has 2 fully saturated rings. The summed E-state index contributed by atoms with van der Waals surface area (Å²) in [6.07, 6.45) is 5.03. The van der Waals surface area contributed by atoms with Crippen molar-refractivity contribution < 1.29 is 0 Å². The minimum Gasteiger partial charge on any atom is -0.314 e. The van der Waals surface area contributed by atoms with Crippen molar-refractivity contribution in [1.82, 2.24) is 5.32 Å². The van der Waals surface area contributed by atoms with E-state index >= 15 is 0 Å². The van der Waals surface area contributed by atoms with Gasteiger partial charge in [0.2, 0.25) is 0 Å². The van der Waals surface area contributed by atoms with Crippen LogP contribution in [0.3, 0.4) is 0 Å². The third-order valence-electron chi connectivity index (χ3n) is 4.08. The van der Waals surface area contributed by atoms with Gasteiger partial charge in [0.1, 0.15) is 0 Å². The van der Waals surface area contributed by atoms with E-state index in [2.05, 4.69) is 23.5 Å². The molecule has 98 valence electrons. The van der Waals surface area contributed by atoms with Gasteiger partial charge < -0.3 is 5.32 Å². The fourth-order valence-corrected chi connectivity index (χ4v) is 4.63. The Morgan fingerprint density at radius 3 is 2.94 bits per heavy atom. The summed E-state index contributed by atoms with van der Waals surface area (Å²) in [6, 6.07) is 7.40. The van der Waals surface area contributed by atoms with Crippen LogP contribution in [0.25, 0.3) is 0 Å². The molecule has 0 spiro atoms. The maximum absolute atomic E-state index is 6.47. The highest BCUT2D eigenvalue weighted by Crippen LogP contribution is 2.36. The van der Waals surface area contributed by atoms with E-state index in [4.69, 9.17) is 11.6 Å². The molecule has 2 aliphatic heterocycles. The predicted octanol–water partition coefficient (Wildman–Crippen LogP) is 3.86. The van der Waals surface area contributed by atoms with E-state index in [0.29, 0.717) is 12.0 Å². The van der Waals surface area contributed by atoms with E-state index in [1.165, 1.54) is 48.4 Å². The van der Waals surface area contributed by atoms with Crippen LogP contribution in [0.1, 0.15) is 36.3 Å². The first-order chi connectivity index (χ1) is 8.83. The molecule has 3 heteroatoms. The normalized spacial score (nSPS) is 27.8. The summed E-state index contributed by atoms with van der Waals surface area (Å²) in [5.41, 5.74) is 2.75. The van der Waals surface area contributed by atoms with E-state index in [1.807, 2.05) is 11.8 Å². The summed E-state index contributed by atoms with van der Waals surface area (Å²) in [5.74, 6) is 3.21. The van der Waals surface area contributed by atoms with Crippen molar-refractivity contribution in [3.05, 3.63) is 34.3 Å². The number of hydrogen-bond donors (Lipinski definition) is 1. The second kappa shape index (κ2) is 5.85. The molecule has 0 aromatic heterocycles. The Labute approximate surface area is 119 Å². The van der Waals surface area contributed by atoms with Gasteiger partial charge in [0.15, 0.2) is 0 Å². The molecule has 1 N–H and O–H groups in total. The summed E-state index contributed by atoms with van der Waals surface area (Å²) in [7, 11) is 0. The number of nitrogens with one attached hydrogen (secondary N) is 1. The summed E-state index contributed by atoms with van der Waals surface area (Å²) in [4.78, 5) is 0. The van der Waals surface area contributed by atoms with E-state index in [0.717, 1.165) is 11.4 Å². The van der Waals surface area contributed by atoms with Crippen LogP contribution in [0.15, 0.2) is 18.2 Å². The van der Waals surface area contributed by atoms with Crippen LogP contribution in [0, 0.1) is 0 Å². The van der Waals surface area contributed by atoms with E-state index in [1.54, 1.807) is 0 Å². The van der Waals surface area contributed by atoms with Crippen molar-refractivity contribution in [2.75, 3.05) is 18.1 Å². The average molecular weight is 282 g/mol. The minimum atomic E-state index is 0.661. The Morgan fingerprint density at radius 1 is 1.33 bits per heavy atom. The van der Waals surface area contributed by atoms with Gasteiger partial charge in [-0.2, -0.15) is 11.8 Å². The van der Waals surface area contributed by atoms with Crippen molar-refractivity contribution >= 4 is 23.4 Å². The Balaban J connectivity index is 1.71. The molecule has 0 amide bonds. The van der Waals surface area contributed by atoms with Crippen molar-refractivity contribution in [2.45, 2.75) is 37.6 Å². The van der Waals surface area contributed by atoms with E-state index in [-0.39, 0.29) is 0 Å². The van der Waals surface area contributed by atoms with E-state index < -0.39 is 0 Å². The fourth-order valence-electron chi connectivity index (χ4n) is 3.02. The van der Waals surface area contributed by atoms with Crippen LogP contribution >= 0.6 is 23.4 Å². The second-order valence-electron chi connectivity index (χ2n) is 5.41. The first-order valence-electron chi connectivity index (χ1n) is 6.92. The monoisotopic (exact) mass is 281 g/mol. The Morgan fingerprint density at radius 2 is 2.28 bits per heavy atom. The van der Waals surface area contributed by atoms with Crippen molar-refractivity contribution in [2.24, 2.45) is 0 Å². The Kier molecular flexibility index (Phi) is 4.17. The molecule has 1 aromatic rings. The summed E-state index contributed by atoms with van der Waals surface area (Å²) < 4.78 is 0. The van der Waals surface area contributed by atoms with Crippen LogP contribution in [-0.4, -0.2) is 24.1 Å². The molecule has 3 rings (SSSR count). The van der Waals surface area contributed by atoms with Crippen LogP contribution < -0.4 is 5.32 Å². The third kappa shape index (κ3) is 2.87. The molecule has 2 aliphatic rings. The first-order valence-corrected chi connectivity index (χ1v) is 8.45. The number of thioether (sulfide) groups is 1. The highest BCUT2D eigenvalue weighted by molar-refractivity contribution is 7.99. The molecule has 0 saturated carbocycles. The lowest BCUT2D eigenvalue weighted by atomic mass is 9.95. The maximum atomic E-state index is 6.47. The van der Waals surface area contributed by atoms with Crippen LogP contribution in [0.5, 0.6) is 0 Å². The molecule has 0 bridgehead atoms. The zero-order valence-electron chi connectivity index (χ0n) is 10.6. The molecule has 2 heterocycles. The Bertz CT molecular complexity index is 409. The molecular weight excluding hydrogens is 262 g/mol. The lowest BCUT2D eigenvalue weighted by molar-refractivity contribution is 0.603. The molecular formula is C15H20ClNS. The van der Waals surface area contributed by atoms with Crippen molar-refractivity contribution in [3.8, 4) is 0 Å². The summed E-state index contributed by atoms with van der Waals surface area (Å²) >= 11 is 8.51. The zero-order valence-corrected chi connectivity index (χ0v) is 12.2. The summed E-state index contributed by atoms with van der Waals surface area (Å²) in [5, 5.41) is 4.53. The van der Waals surface area contributed by atoms with Gasteiger partial charge in [-0.05, 0) is 61.1 Å². The molecule has 0 aliphatic carbocycles. The van der Waals surface area contributed by atoms with Gasteiger partial charge in [0.05, 0.1) is 0 Å². The number of rotatable bonds is 3. The third-order valence-corrected chi connectivity index (χ3v) is 5.57. The molecule has 2 saturated heterocycles. The Hall–Kier alpha value is -0.180. The van der Waals surface area contributed by atoms with Crippen molar-refractivity contribution in [1.29, 1.82) is 0 Å². The number of halogens is 1. The van der Waals surface area contributed by atoms with Gasteiger partial charge in [0.25, 0.3) is 0 Å². The van der Waals surface area contributed by atoms with Crippen LogP contribution in [-0.2, 0) is 6.42 Å². The quantitative estimate of drug-likeness (QED) is 0.903. The lowest BCUT2D eigenvalue weighted by Crippen LogP contribution is -2.23. The fraction of sp³-hybridized carbons (Fsp3) is 0.600. The van der Waals surface area contributed by atoms with Crippen LogP contribution in [0.4, 0.5) is 0 Å². The number of benzene rings is 1. The van der Waals surface area contributed by atoms with E-state index in [9.17, 15) is 0 Å². The van der Waals surface area contributed by atoms with Gasteiger partial charge in [-0.3, -0.25) is 0 Å². The second-order valence-corrected chi connectivity index (χ2v) is 6.97. The predicted molar refractivity (Wildman–Crippen MR) is 80.9 cm³/mol. The first kappa shape index (κ1) is 12.8. The maximum Gasteiger partial charge on any atom is 0.0443 e. The molecule has 1 nitrogen and oxygen atoms in total. The van der Waals surface area contributed by atoms with Gasteiger partial charge in [-0.1, -0.05) is 23.7 Å². The van der Waals surface area contributed by atoms with Crippen molar-refractivity contribution in [3.63, 3.8) is 0 Å². The lowest BCUT2D eigenvalue weighted by Gasteiger charge is -2.14. The topological polar surface area (TPSA) is 12.0 Å². The van der Waals surface area contributed by atoms with Gasteiger partial charge in [-0.15, -0.1) is 0 Å². The highest BCUT2D eigenvalue weighted by Gasteiger charge is 2.20. The molecule has 18 heavy (non-hydrogen) atoms. The standard InChI is InChI=1S/C15H20ClNS/c16-15-9-11(8-13-2-1-6-17-13)3-4-14(15)12-5-7-18-10-12/h3-4,9,12-13,17H,1-2,5-8,10H2. The summed E-state index contributed by atoms with van der Waals surface area (Å²) in [6.45, 7) is 1.18. The molecule has 2 atom stereocenters. The zero-order chi connectivity index (χ0) is 12.4. The molecule has 2 unspecified atom stereocenters. The van der Waals surface area contributed by atoms with Crippen LogP contribution in [0.2, 0.25) is 5.02 Å². The largest absolute Gasteiger partial charge is 0.314 e. The highest BCUT2D eigenvalue weighted by atomic mass is 35.5.